The SMILES string of the molecule is CCOC(=O)COc1c(C=Nn2c([C@@H](C)CC)nc3ccc(Br)cc3c2=O)cc(Br)cc1[N+](=O)[O-]. The van der Waals surface area contributed by atoms with E-state index in [1.165, 1.54) is 23.0 Å². The minimum absolute atomic E-state index is 0.0933. The molecule has 12 heteroatoms. The number of hydrogen-bond donors (Lipinski definition) is 0. The summed E-state index contributed by atoms with van der Waals surface area (Å²) < 4.78 is 12.6. The molecule has 35 heavy (non-hydrogen) atoms. The van der Waals surface area contributed by atoms with Crippen LogP contribution in [0, 0.1) is 10.1 Å². The zero-order valence-electron chi connectivity index (χ0n) is 19.2. The molecule has 0 unspecified atom stereocenters. The Balaban J connectivity index is 2.17. The molecule has 0 aliphatic rings. The average Bonchev–Trinajstić information content (AvgIpc) is 2.82. The number of ether oxygens (including phenoxy) is 2. The molecule has 1 aromatic heterocycles. The molecule has 3 aromatic rings. The number of esters is 1. The first-order chi connectivity index (χ1) is 16.7. The van der Waals surface area contributed by atoms with Crippen molar-refractivity contribution >= 4 is 60.6 Å². The molecule has 10 nitrogen and oxygen atoms in total. The van der Waals surface area contributed by atoms with Gasteiger partial charge in [-0.3, -0.25) is 14.9 Å². The molecule has 0 aliphatic carbocycles. The fourth-order valence-corrected chi connectivity index (χ4v) is 4.05. The van der Waals surface area contributed by atoms with Gasteiger partial charge in [0.25, 0.3) is 5.56 Å². The highest BCUT2D eigenvalue weighted by Crippen LogP contribution is 2.34. The fourth-order valence-electron chi connectivity index (χ4n) is 3.22. The summed E-state index contributed by atoms with van der Waals surface area (Å²) >= 11 is 6.62. The summed E-state index contributed by atoms with van der Waals surface area (Å²) in [5.74, 6) is -0.497. The molecule has 0 spiro atoms. The first-order valence-corrected chi connectivity index (χ1v) is 12.3. The van der Waals surface area contributed by atoms with Gasteiger partial charge in [-0.15, -0.1) is 0 Å². The van der Waals surface area contributed by atoms with Crippen molar-refractivity contribution in [3.05, 3.63) is 71.1 Å². The Bertz CT molecular complexity index is 1370. The van der Waals surface area contributed by atoms with E-state index in [4.69, 9.17) is 9.47 Å². The number of hydrogen-bond acceptors (Lipinski definition) is 8. The first-order valence-electron chi connectivity index (χ1n) is 10.7. The predicted molar refractivity (Wildman–Crippen MR) is 138 cm³/mol. The molecule has 0 bridgehead atoms. The van der Waals surface area contributed by atoms with Crippen LogP contribution < -0.4 is 10.3 Å². The third-order valence-electron chi connectivity index (χ3n) is 5.10. The molecule has 184 valence electrons. The average molecular weight is 610 g/mol. The lowest BCUT2D eigenvalue weighted by atomic mass is 10.1. The molecule has 2 aromatic carbocycles. The molecular formula is C23H22Br2N4O6. The summed E-state index contributed by atoms with van der Waals surface area (Å²) in [6, 6.07) is 8.00. The van der Waals surface area contributed by atoms with Crippen molar-refractivity contribution < 1.29 is 19.2 Å². The number of fused-ring (bicyclic) bond motifs is 1. The zero-order valence-corrected chi connectivity index (χ0v) is 22.3. The lowest BCUT2D eigenvalue weighted by Gasteiger charge is -2.14. The Morgan fingerprint density at radius 2 is 2.00 bits per heavy atom. The summed E-state index contributed by atoms with van der Waals surface area (Å²) in [5, 5.41) is 16.4. The molecule has 1 atom stereocenters. The van der Waals surface area contributed by atoms with E-state index in [0.717, 1.165) is 0 Å². The third kappa shape index (κ3) is 6.12. The number of nitrogens with zero attached hydrogens (tertiary/aromatic N) is 4. The van der Waals surface area contributed by atoms with Gasteiger partial charge >= 0.3 is 11.7 Å². The second-order valence-corrected chi connectivity index (χ2v) is 9.33. The van der Waals surface area contributed by atoms with Crippen LogP contribution in [-0.4, -0.2) is 40.0 Å². The van der Waals surface area contributed by atoms with Crippen LogP contribution in [0.4, 0.5) is 5.69 Å². The van der Waals surface area contributed by atoms with E-state index < -0.39 is 17.5 Å². The number of aromatic nitrogens is 2. The van der Waals surface area contributed by atoms with E-state index in [1.54, 1.807) is 25.1 Å². The van der Waals surface area contributed by atoms with Crippen LogP contribution in [0.25, 0.3) is 10.9 Å². The molecule has 0 N–H and O–H groups in total. The summed E-state index contributed by atoms with van der Waals surface area (Å²) in [5.41, 5.74) is -0.0373. The second-order valence-electron chi connectivity index (χ2n) is 7.50. The summed E-state index contributed by atoms with van der Waals surface area (Å²) in [4.78, 5) is 40.8. The van der Waals surface area contributed by atoms with Gasteiger partial charge in [0.05, 0.1) is 28.6 Å². The highest BCUT2D eigenvalue weighted by Gasteiger charge is 2.22. The highest BCUT2D eigenvalue weighted by atomic mass is 79.9. The van der Waals surface area contributed by atoms with E-state index in [2.05, 4.69) is 41.9 Å². The number of nitro benzene ring substituents is 1. The Hall–Kier alpha value is -3.12. The molecule has 0 saturated carbocycles. The predicted octanol–water partition coefficient (Wildman–Crippen LogP) is 5.17. The van der Waals surface area contributed by atoms with Gasteiger partial charge in [-0.25, -0.2) is 9.78 Å². The smallest absolute Gasteiger partial charge is 0.344 e. The highest BCUT2D eigenvalue weighted by molar-refractivity contribution is 9.10. The van der Waals surface area contributed by atoms with Gasteiger partial charge < -0.3 is 9.47 Å². The summed E-state index contributed by atoms with van der Waals surface area (Å²) in [7, 11) is 0. The third-order valence-corrected chi connectivity index (χ3v) is 6.05. The van der Waals surface area contributed by atoms with Crippen molar-refractivity contribution in [2.75, 3.05) is 13.2 Å². The van der Waals surface area contributed by atoms with Crippen molar-refractivity contribution in [3.63, 3.8) is 0 Å². The Morgan fingerprint density at radius 3 is 2.66 bits per heavy atom. The van der Waals surface area contributed by atoms with Crippen molar-refractivity contribution in [3.8, 4) is 5.75 Å². The minimum atomic E-state index is -0.674. The standard InChI is InChI=1S/C23H22Br2N4O6/c1-4-13(3)22-27-18-7-6-15(24)9-17(18)23(31)28(22)26-11-14-8-16(25)10-19(29(32)33)21(14)35-12-20(30)34-5-2/h6-11,13H,4-5,12H2,1-3H3/t13-/m0/s1. The van der Waals surface area contributed by atoms with Crippen molar-refractivity contribution in [1.82, 2.24) is 9.66 Å². The van der Waals surface area contributed by atoms with Crippen molar-refractivity contribution in [2.45, 2.75) is 33.1 Å². The van der Waals surface area contributed by atoms with Gasteiger partial charge in [-0.2, -0.15) is 9.78 Å². The topological polar surface area (TPSA) is 126 Å². The quantitative estimate of drug-likeness (QED) is 0.142. The largest absolute Gasteiger partial charge is 0.474 e. The van der Waals surface area contributed by atoms with Crippen LogP contribution >= 0.6 is 31.9 Å². The van der Waals surface area contributed by atoms with Gasteiger partial charge in [0, 0.05) is 26.5 Å². The van der Waals surface area contributed by atoms with Gasteiger partial charge in [0.15, 0.2) is 6.61 Å². The normalized spacial score (nSPS) is 12.1. The Kier molecular flexibility index (Phi) is 8.73. The summed E-state index contributed by atoms with van der Waals surface area (Å²) in [6.45, 7) is 5.15. The van der Waals surface area contributed by atoms with Crippen LogP contribution in [0.2, 0.25) is 0 Å². The van der Waals surface area contributed by atoms with Crippen LogP contribution in [0.15, 0.2) is 49.2 Å². The first kappa shape index (κ1) is 26.5. The lowest BCUT2D eigenvalue weighted by molar-refractivity contribution is -0.385. The molecule has 0 aliphatic heterocycles. The number of nitro groups is 1. The van der Waals surface area contributed by atoms with Crippen LogP contribution in [0.3, 0.4) is 0 Å². The van der Waals surface area contributed by atoms with E-state index in [0.29, 0.717) is 32.1 Å². The van der Waals surface area contributed by atoms with Gasteiger partial charge in [0.1, 0.15) is 5.82 Å². The van der Waals surface area contributed by atoms with E-state index in [-0.39, 0.29) is 35.1 Å². The number of carbonyl (C=O) groups excluding carboxylic acids is 1. The number of carbonyl (C=O) groups is 1. The maximum absolute atomic E-state index is 13.3. The van der Waals surface area contributed by atoms with Crippen LogP contribution in [0.5, 0.6) is 5.75 Å². The van der Waals surface area contributed by atoms with Crippen LogP contribution in [0.1, 0.15) is 44.5 Å². The summed E-state index contributed by atoms with van der Waals surface area (Å²) in [6.07, 6.45) is 1.98. The molecular weight excluding hydrogens is 588 g/mol. The van der Waals surface area contributed by atoms with Gasteiger partial charge in [0.2, 0.25) is 5.75 Å². The van der Waals surface area contributed by atoms with E-state index in [9.17, 15) is 19.7 Å². The number of halogens is 2. The van der Waals surface area contributed by atoms with Gasteiger partial charge in [-0.1, -0.05) is 45.7 Å². The lowest BCUT2D eigenvalue weighted by Crippen LogP contribution is -2.24. The molecule has 3 rings (SSSR count). The minimum Gasteiger partial charge on any atom is -0.474 e. The molecule has 1 heterocycles. The number of benzene rings is 2. The van der Waals surface area contributed by atoms with E-state index >= 15 is 0 Å². The maximum atomic E-state index is 13.3. The molecule has 0 radical (unpaired) electrons. The van der Waals surface area contributed by atoms with E-state index in [1.807, 2.05) is 13.8 Å². The number of rotatable bonds is 9. The van der Waals surface area contributed by atoms with Gasteiger partial charge in [-0.05, 0) is 37.6 Å². The molecule has 0 saturated heterocycles. The zero-order chi connectivity index (χ0) is 25.7. The Morgan fingerprint density at radius 1 is 1.26 bits per heavy atom. The van der Waals surface area contributed by atoms with Crippen molar-refractivity contribution in [1.29, 1.82) is 0 Å². The second kappa shape index (κ2) is 11.5. The molecule has 0 fully saturated rings. The fraction of sp³-hybridized carbons (Fsp3) is 0.304. The maximum Gasteiger partial charge on any atom is 0.344 e. The Labute approximate surface area is 217 Å². The van der Waals surface area contributed by atoms with Crippen molar-refractivity contribution in [2.24, 2.45) is 5.10 Å². The monoisotopic (exact) mass is 608 g/mol. The van der Waals surface area contributed by atoms with Crippen LogP contribution in [-0.2, 0) is 9.53 Å². The molecule has 0 amide bonds.